The van der Waals surface area contributed by atoms with Crippen LogP contribution in [-0.4, -0.2) is 86.7 Å². The molecule has 0 unspecified atom stereocenters. The third-order valence-electron chi connectivity index (χ3n) is 6.89. The quantitative estimate of drug-likeness (QED) is 0.587. The molecule has 1 aromatic rings. The summed E-state index contributed by atoms with van der Waals surface area (Å²) < 4.78 is 4.90. The highest BCUT2D eigenvalue weighted by Gasteiger charge is 2.26. The molecule has 1 heterocycles. The fraction of sp³-hybridized carbons (Fsp3) is 0.654. The molecule has 194 valence electrons. The van der Waals surface area contributed by atoms with Crippen molar-refractivity contribution in [3.05, 3.63) is 23.8 Å². The van der Waals surface area contributed by atoms with Gasteiger partial charge in [0.15, 0.2) is 0 Å². The molecule has 35 heavy (non-hydrogen) atoms. The number of amides is 4. The van der Waals surface area contributed by atoms with Crippen molar-refractivity contribution < 1.29 is 19.1 Å². The molecule has 2 fully saturated rings. The third kappa shape index (κ3) is 7.34. The van der Waals surface area contributed by atoms with Gasteiger partial charge in [-0.3, -0.25) is 9.59 Å². The molecule has 1 aromatic carbocycles. The maximum atomic E-state index is 13.4. The lowest BCUT2D eigenvalue weighted by molar-refractivity contribution is -0.119. The van der Waals surface area contributed by atoms with Crippen LogP contribution in [0.15, 0.2) is 18.2 Å². The number of anilines is 2. The lowest BCUT2D eigenvalue weighted by atomic mass is 9.96. The molecular formula is C26H41N5O4. The zero-order valence-corrected chi connectivity index (χ0v) is 21.5. The molecule has 0 spiro atoms. The van der Waals surface area contributed by atoms with E-state index in [1.54, 1.807) is 11.0 Å². The minimum atomic E-state index is -0.268. The lowest BCUT2D eigenvalue weighted by Crippen LogP contribution is -2.46. The number of hydrogen-bond donors (Lipinski definition) is 2. The number of carbonyl (C=O) groups is 3. The Morgan fingerprint density at radius 1 is 1.00 bits per heavy atom. The second-order valence-corrected chi connectivity index (χ2v) is 9.30. The van der Waals surface area contributed by atoms with Gasteiger partial charge in [-0.25, -0.2) is 4.79 Å². The molecule has 4 amide bonds. The van der Waals surface area contributed by atoms with Crippen LogP contribution in [-0.2, 0) is 9.53 Å². The van der Waals surface area contributed by atoms with Gasteiger partial charge in [-0.2, -0.15) is 0 Å². The molecule has 2 N–H and O–H groups in total. The highest BCUT2D eigenvalue weighted by molar-refractivity contribution is 6.02. The summed E-state index contributed by atoms with van der Waals surface area (Å²) in [5.74, 6) is -0.333. The molecule has 0 bridgehead atoms. The fourth-order valence-electron chi connectivity index (χ4n) is 4.94. The molecule has 0 radical (unpaired) electrons. The topological polar surface area (TPSA) is 94.2 Å². The van der Waals surface area contributed by atoms with Gasteiger partial charge in [0.2, 0.25) is 5.91 Å². The molecule has 1 saturated heterocycles. The standard InChI is InChI=1S/C26H41N5O4/c1-4-29(5-2)25(33)22-18-21(27-24(32)19-35-3)12-13-23(22)30-14-9-15-31(17-16-30)26(34)28-20-10-7-6-8-11-20/h12-13,18,20H,4-11,14-17,19H2,1-3H3,(H,27,32)(H,28,34). The first kappa shape index (κ1) is 26.8. The van der Waals surface area contributed by atoms with E-state index in [1.165, 1.54) is 26.4 Å². The van der Waals surface area contributed by atoms with Gasteiger partial charge in [0.05, 0.1) is 5.56 Å². The fourth-order valence-corrected chi connectivity index (χ4v) is 4.94. The number of nitrogens with zero attached hydrogens (tertiary/aromatic N) is 3. The van der Waals surface area contributed by atoms with Crippen molar-refractivity contribution in [1.82, 2.24) is 15.1 Å². The monoisotopic (exact) mass is 487 g/mol. The van der Waals surface area contributed by atoms with Gasteiger partial charge >= 0.3 is 6.03 Å². The summed E-state index contributed by atoms with van der Waals surface area (Å²) in [4.78, 5) is 44.2. The first-order valence-corrected chi connectivity index (χ1v) is 13.0. The zero-order valence-electron chi connectivity index (χ0n) is 21.5. The van der Waals surface area contributed by atoms with E-state index in [2.05, 4.69) is 15.5 Å². The maximum absolute atomic E-state index is 13.4. The Morgan fingerprint density at radius 2 is 1.74 bits per heavy atom. The van der Waals surface area contributed by atoms with Gasteiger partial charge in [-0.15, -0.1) is 0 Å². The first-order chi connectivity index (χ1) is 17.0. The van der Waals surface area contributed by atoms with E-state index < -0.39 is 0 Å². The number of benzene rings is 1. The van der Waals surface area contributed by atoms with E-state index in [0.717, 1.165) is 31.5 Å². The molecule has 0 aromatic heterocycles. The number of ether oxygens (including phenoxy) is 1. The van der Waals surface area contributed by atoms with Crippen molar-refractivity contribution in [2.24, 2.45) is 0 Å². The van der Waals surface area contributed by atoms with Crippen molar-refractivity contribution in [3.63, 3.8) is 0 Å². The molecular weight excluding hydrogens is 446 g/mol. The molecule has 0 atom stereocenters. The van der Waals surface area contributed by atoms with E-state index >= 15 is 0 Å². The molecule has 3 rings (SSSR count). The van der Waals surface area contributed by atoms with Crippen molar-refractivity contribution in [2.75, 3.05) is 63.2 Å². The van der Waals surface area contributed by atoms with Gasteiger partial charge in [0.1, 0.15) is 6.61 Å². The SMILES string of the molecule is CCN(CC)C(=O)c1cc(NC(=O)COC)ccc1N1CCCN(C(=O)NC2CCCCC2)CC1. The Kier molecular flexibility index (Phi) is 10.2. The van der Waals surface area contributed by atoms with E-state index in [1.807, 2.05) is 30.9 Å². The number of methoxy groups -OCH3 is 1. The average Bonchev–Trinajstić information content (AvgIpc) is 3.12. The van der Waals surface area contributed by atoms with Crippen molar-refractivity contribution in [1.29, 1.82) is 0 Å². The van der Waals surface area contributed by atoms with E-state index in [-0.39, 0.29) is 30.5 Å². The highest BCUT2D eigenvalue weighted by atomic mass is 16.5. The summed E-state index contributed by atoms with van der Waals surface area (Å²) in [5, 5.41) is 6.03. The van der Waals surface area contributed by atoms with Gasteiger partial charge < -0.3 is 30.1 Å². The summed E-state index contributed by atoms with van der Waals surface area (Å²) in [5.41, 5.74) is 1.96. The maximum Gasteiger partial charge on any atom is 0.317 e. The van der Waals surface area contributed by atoms with Gasteiger partial charge in [0.25, 0.3) is 5.91 Å². The first-order valence-electron chi connectivity index (χ1n) is 13.0. The smallest absolute Gasteiger partial charge is 0.317 e. The second kappa shape index (κ2) is 13.3. The van der Waals surface area contributed by atoms with Crippen LogP contribution in [0.4, 0.5) is 16.2 Å². The normalized spacial score (nSPS) is 17.0. The van der Waals surface area contributed by atoms with Gasteiger partial charge in [0, 0.05) is 63.8 Å². The summed E-state index contributed by atoms with van der Waals surface area (Å²) >= 11 is 0. The minimum absolute atomic E-state index is 0.0226. The van der Waals surface area contributed by atoms with E-state index in [4.69, 9.17) is 4.74 Å². The minimum Gasteiger partial charge on any atom is -0.375 e. The second-order valence-electron chi connectivity index (χ2n) is 9.30. The summed E-state index contributed by atoms with van der Waals surface area (Å²) in [7, 11) is 1.47. The third-order valence-corrected chi connectivity index (χ3v) is 6.89. The summed E-state index contributed by atoms with van der Waals surface area (Å²) in [6.45, 7) is 7.76. The Balaban J connectivity index is 1.75. The number of urea groups is 1. The Hall–Kier alpha value is -2.81. The van der Waals surface area contributed by atoms with Crippen LogP contribution in [0.3, 0.4) is 0 Å². The summed E-state index contributed by atoms with van der Waals surface area (Å²) in [6, 6.07) is 5.78. The van der Waals surface area contributed by atoms with Crippen LogP contribution in [0, 0.1) is 0 Å². The largest absolute Gasteiger partial charge is 0.375 e. The van der Waals surface area contributed by atoms with Crippen LogP contribution in [0.1, 0.15) is 62.7 Å². The Labute approximate surface area is 209 Å². The lowest BCUT2D eigenvalue weighted by Gasteiger charge is -2.29. The van der Waals surface area contributed by atoms with Crippen molar-refractivity contribution in [2.45, 2.75) is 58.4 Å². The molecule has 1 aliphatic carbocycles. The predicted octanol–water partition coefficient (Wildman–Crippen LogP) is 3.31. The van der Waals surface area contributed by atoms with Crippen LogP contribution in [0.5, 0.6) is 0 Å². The average molecular weight is 488 g/mol. The Morgan fingerprint density at radius 3 is 2.43 bits per heavy atom. The summed E-state index contributed by atoms with van der Waals surface area (Å²) in [6.07, 6.45) is 6.58. The molecule has 9 nitrogen and oxygen atoms in total. The van der Waals surface area contributed by atoms with E-state index in [9.17, 15) is 14.4 Å². The highest BCUT2D eigenvalue weighted by Crippen LogP contribution is 2.27. The number of hydrogen-bond acceptors (Lipinski definition) is 5. The molecule has 2 aliphatic rings. The van der Waals surface area contributed by atoms with Gasteiger partial charge in [-0.05, 0) is 51.3 Å². The number of rotatable bonds is 8. The van der Waals surface area contributed by atoms with Crippen molar-refractivity contribution >= 4 is 29.2 Å². The van der Waals surface area contributed by atoms with E-state index in [0.29, 0.717) is 44.0 Å². The number of nitrogens with one attached hydrogen (secondary N) is 2. The Bertz CT molecular complexity index is 867. The molecule has 1 saturated carbocycles. The van der Waals surface area contributed by atoms with Crippen LogP contribution in [0.2, 0.25) is 0 Å². The number of carbonyl (C=O) groups excluding carboxylic acids is 3. The van der Waals surface area contributed by atoms with Crippen LogP contribution >= 0.6 is 0 Å². The molecule has 1 aliphatic heterocycles. The van der Waals surface area contributed by atoms with Crippen LogP contribution in [0.25, 0.3) is 0 Å². The van der Waals surface area contributed by atoms with Gasteiger partial charge in [-0.1, -0.05) is 19.3 Å². The zero-order chi connectivity index (χ0) is 25.2. The molecule has 9 heteroatoms. The predicted molar refractivity (Wildman–Crippen MR) is 138 cm³/mol. The van der Waals surface area contributed by atoms with Crippen LogP contribution < -0.4 is 15.5 Å². The van der Waals surface area contributed by atoms with Crippen molar-refractivity contribution in [3.8, 4) is 0 Å².